The fraction of sp³-hybridized carbons (Fsp3) is 0.357. The predicted molar refractivity (Wildman–Crippen MR) is 76.9 cm³/mol. The van der Waals surface area contributed by atoms with Crippen molar-refractivity contribution in [3.05, 3.63) is 35.9 Å². The fourth-order valence-electron chi connectivity index (χ4n) is 1.95. The minimum atomic E-state index is 0.0168. The molecule has 1 amide bonds. The first-order chi connectivity index (χ1) is 8.49. The SMILES string of the molecule is C=C(C)CN1C(=O)CSc2cc(C(C)N)ccc21. The molecule has 1 atom stereocenters. The number of carbonyl (C=O) groups is 1. The van der Waals surface area contributed by atoms with Gasteiger partial charge in [0.25, 0.3) is 0 Å². The van der Waals surface area contributed by atoms with E-state index in [1.54, 1.807) is 16.7 Å². The number of fused-ring (bicyclic) bond motifs is 1. The van der Waals surface area contributed by atoms with Crippen LogP contribution in [0, 0.1) is 0 Å². The molecule has 1 aromatic carbocycles. The maximum Gasteiger partial charge on any atom is 0.237 e. The average molecular weight is 262 g/mol. The first kappa shape index (κ1) is 13.2. The van der Waals surface area contributed by atoms with Crippen molar-refractivity contribution in [2.24, 2.45) is 5.73 Å². The summed E-state index contributed by atoms with van der Waals surface area (Å²) in [4.78, 5) is 14.9. The number of benzene rings is 1. The summed E-state index contributed by atoms with van der Waals surface area (Å²) in [6, 6.07) is 6.08. The molecule has 3 nitrogen and oxygen atoms in total. The Hall–Kier alpha value is -1.26. The Labute approximate surface area is 112 Å². The van der Waals surface area contributed by atoms with Crippen molar-refractivity contribution in [1.29, 1.82) is 0 Å². The Morgan fingerprint density at radius 2 is 2.33 bits per heavy atom. The van der Waals surface area contributed by atoms with E-state index < -0.39 is 0 Å². The highest BCUT2D eigenvalue weighted by Crippen LogP contribution is 2.37. The minimum Gasteiger partial charge on any atom is -0.324 e. The van der Waals surface area contributed by atoms with Gasteiger partial charge in [0.05, 0.1) is 11.4 Å². The smallest absolute Gasteiger partial charge is 0.237 e. The van der Waals surface area contributed by atoms with E-state index in [1.807, 2.05) is 26.0 Å². The van der Waals surface area contributed by atoms with Crippen molar-refractivity contribution < 1.29 is 4.79 Å². The minimum absolute atomic E-state index is 0.0168. The summed E-state index contributed by atoms with van der Waals surface area (Å²) in [5, 5.41) is 0. The van der Waals surface area contributed by atoms with Crippen molar-refractivity contribution in [2.45, 2.75) is 24.8 Å². The van der Waals surface area contributed by atoms with E-state index in [4.69, 9.17) is 5.73 Å². The van der Waals surface area contributed by atoms with E-state index >= 15 is 0 Å². The lowest BCUT2D eigenvalue weighted by atomic mass is 10.1. The summed E-state index contributed by atoms with van der Waals surface area (Å²) in [7, 11) is 0. The molecule has 0 saturated heterocycles. The molecule has 0 bridgehead atoms. The van der Waals surface area contributed by atoms with E-state index in [2.05, 4.69) is 12.6 Å². The lowest BCUT2D eigenvalue weighted by Crippen LogP contribution is -2.36. The van der Waals surface area contributed by atoms with Crippen LogP contribution in [0.25, 0.3) is 0 Å². The summed E-state index contributed by atoms with van der Waals surface area (Å²) >= 11 is 1.58. The Morgan fingerprint density at radius 3 is 2.94 bits per heavy atom. The Bertz CT molecular complexity index is 497. The number of hydrogen-bond acceptors (Lipinski definition) is 3. The first-order valence-electron chi connectivity index (χ1n) is 5.96. The number of hydrogen-bond donors (Lipinski definition) is 1. The van der Waals surface area contributed by atoms with Crippen LogP contribution in [0.5, 0.6) is 0 Å². The van der Waals surface area contributed by atoms with E-state index in [0.29, 0.717) is 12.3 Å². The van der Waals surface area contributed by atoms with Crippen molar-refractivity contribution in [2.75, 3.05) is 17.2 Å². The lowest BCUT2D eigenvalue weighted by molar-refractivity contribution is -0.116. The van der Waals surface area contributed by atoms with Gasteiger partial charge < -0.3 is 10.6 Å². The van der Waals surface area contributed by atoms with Gasteiger partial charge >= 0.3 is 0 Å². The molecule has 0 spiro atoms. The molecule has 0 radical (unpaired) electrons. The van der Waals surface area contributed by atoms with E-state index in [0.717, 1.165) is 21.7 Å². The molecular formula is C14H18N2OS. The molecule has 0 aromatic heterocycles. The summed E-state index contributed by atoms with van der Waals surface area (Å²) in [5.41, 5.74) is 8.95. The van der Waals surface area contributed by atoms with Gasteiger partial charge in [-0.15, -0.1) is 11.8 Å². The Balaban J connectivity index is 2.38. The van der Waals surface area contributed by atoms with Crippen LogP contribution in [0.2, 0.25) is 0 Å². The second-order valence-electron chi connectivity index (χ2n) is 4.74. The number of carbonyl (C=O) groups excluding carboxylic acids is 1. The predicted octanol–water partition coefficient (Wildman–Crippen LogP) is 2.72. The van der Waals surface area contributed by atoms with E-state index in [-0.39, 0.29) is 11.9 Å². The molecule has 0 saturated carbocycles. The van der Waals surface area contributed by atoms with Gasteiger partial charge in [-0.3, -0.25) is 4.79 Å². The number of nitrogens with zero attached hydrogens (tertiary/aromatic N) is 1. The highest BCUT2D eigenvalue weighted by Gasteiger charge is 2.24. The number of anilines is 1. The summed E-state index contributed by atoms with van der Waals surface area (Å²) in [5.74, 6) is 0.631. The van der Waals surface area contributed by atoms with Crippen LogP contribution < -0.4 is 10.6 Å². The zero-order valence-corrected chi connectivity index (χ0v) is 11.6. The fourth-order valence-corrected chi connectivity index (χ4v) is 2.93. The quantitative estimate of drug-likeness (QED) is 0.852. The number of amides is 1. The molecule has 1 aliphatic heterocycles. The van der Waals surface area contributed by atoms with Gasteiger partial charge in [-0.25, -0.2) is 0 Å². The molecule has 1 unspecified atom stereocenters. The second kappa shape index (κ2) is 5.16. The van der Waals surface area contributed by atoms with E-state index in [1.165, 1.54) is 0 Å². The maximum absolute atomic E-state index is 12.0. The third-order valence-electron chi connectivity index (χ3n) is 2.88. The zero-order chi connectivity index (χ0) is 13.3. The molecule has 1 aromatic rings. The number of nitrogens with two attached hydrogens (primary N) is 1. The van der Waals surface area contributed by atoms with Crippen LogP contribution in [0.4, 0.5) is 5.69 Å². The molecule has 1 heterocycles. The van der Waals surface area contributed by atoms with E-state index in [9.17, 15) is 4.79 Å². The zero-order valence-electron chi connectivity index (χ0n) is 10.8. The van der Waals surface area contributed by atoms with Crippen LogP contribution in [0.15, 0.2) is 35.2 Å². The summed E-state index contributed by atoms with van der Waals surface area (Å²) in [6.45, 7) is 8.37. The second-order valence-corrected chi connectivity index (χ2v) is 5.76. The van der Waals surface area contributed by atoms with Gasteiger partial charge in [0.2, 0.25) is 5.91 Å². The molecule has 0 fully saturated rings. The number of rotatable bonds is 3. The van der Waals surface area contributed by atoms with Gasteiger partial charge in [0.1, 0.15) is 0 Å². The monoisotopic (exact) mass is 262 g/mol. The van der Waals surface area contributed by atoms with Gasteiger partial charge in [0.15, 0.2) is 0 Å². The van der Waals surface area contributed by atoms with Gasteiger partial charge in [0, 0.05) is 17.5 Å². The molecule has 2 N–H and O–H groups in total. The van der Waals surface area contributed by atoms with Crippen LogP contribution in [0.3, 0.4) is 0 Å². The Kier molecular flexibility index (Phi) is 3.78. The summed E-state index contributed by atoms with van der Waals surface area (Å²) in [6.07, 6.45) is 0. The normalized spacial score (nSPS) is 16.4. The van der Waals surface area contributed by atoms with Crippen molar-refractivity contribution in [3.8, 4) is 0 Å². The molecule has 4 heteroatoms. The standard InChI is InChI=1S/C14H18N2OS/c1-9(2)7-16-12-5-4-11(10(3)15)6-13(12)18-8-14(16)17/h4-6,10H,1,7-8,15H2,2-3H3. The number of thioether (sulfide) groups is 1. The van der Waals surface area contributed by atoms with Crippen LogP contribution in [0.1, 0.15) is 25.5 Å². The third-order valence-corrected chi connectivity index (χ3v) is 3.91. The van der Waals surface area contributed by atoms with Crippen molar-refractivity contribution in [3.63, 3.8) is 0 Å². The van der Waals surface area contributed by atoms with Gasteiger partial charge in [-0.1, -0.05) is 18.2 Å². The molecule has 0 aliphatic carbocycles. The lowest BCUT2D eigenvalue weighted by Gasteiger charge is -2.29. The van der Waals surface area contributed by atoms with Gasteiger partial charge in [-0.2, -0.15) is 0 Å². The van der Waals surface area contributed by atoms with Crippen molar-refractivity contribution >= 4 is 23.4 Å². The molecular weight excluding hydrogens is 244 g/mol. The third kappa shape index (κ3) is 2.60. The first-order valence-corrected chi connectivity index (χ1v) is 6.94. The molecule has 2 rings (SSSR count). The topological polar surface area (TPSA) is 46.3 Å². The summed E-state index contributed by atoms with van der Waals surface area (Å²) < 4.78 is 0. The molecule has 96 valence electrons. The maximum atomic E-state index is 12.0. The van der Waals surface area contributed by atoms with Gasteiger partial charge in [-0.05, 0) is 31.5 Å². The Morgan fingerprint density at radius 1 is 1.61 bits per heavy atom. The largest absolute Gasteiger partial charge is 0.324 e. The molecule has 1 aliphatic rings. The van der Waals surface area contributed by atoms with Crippen LogP contribution >= 0.6 is 11.8 Å². The highest BCUT2D eigenvalue weighted by atomic mass is 32.2. The average Bonchev–Trinajstić information content (AvgIpc) is 2.31. The molecule has 18 heavy (non-hydrogen) atoms. The van der Waals surface area contributed by atoms with Crippen LogP contribution in [-0.4, -0.2) is 18.2 Å². The van der Waals surface area contributed by atoms with Crippen molar-refractivity contribution in [1.82, 2.24) is 0 Å². The highest BCUT2D eigenvalue weighted by molar-refractivity contribution is 8.00. The van der Waals surface area contributed by atoms with Crippen LogP contribution in [-0.2, 0) is 4.79 Å².